The number of rotatable bonds is 7. The summed E-state index contributed by atoms with van der Waals surface area (Å²) in [4.78, 5) is 24.1. The van der Waals surface area contributed by atoms with Crippen molar-refractivity contribution in [2.75, 3.05) is 24.3 Å². The summed E-state index contributed by atoms with van der Waals surface area (Å²) in [6, 6.07) is 14.6. The molecule has 0 aliphatic rings. The minimum absolute atomic E-state index is 0.00437. The second-order valence-electron chi connectivity index (χ2n) is 5.94. The van der Waals surface area contributed by atoms with Crippen LogP contribution in [0.3, 0.4) is 0 Å². The van der Waals surface area contributed by atoms with Crippen LogP contribution in [0.2, 0.25) is 0 Å². The molecule has 0 saturated heterocycles. The fourth-order valence-corrected chi connectivity index (χ4v) is 2.29. The highest BCUT2D eigenvalue weighted by Crippen LogP contribution is 2.22. The molecule has 0 spiro atoms. The molecule has 0 aromatic heterocycles. The predicted octanol–water partition coefficient (Wildman–Crippen LogP) is 2.39. The van der Waals surface area contributed by atoms with Gasteiger partial charge >= 0.3 is 0 Å². The van der Waals surface area contributed by atoms with Gasteiger partial charge in [0.05, 0.1) is 19.3 Å². The number of hydrazine groups is 1. The van der Waals surface area contributed by atoms with Crippen LogP contribution in [0, 0.1) is 0 Å². The number of methoxy groups -OCH3 is 1. The molecule has 0 saturated carbocycles. The number of benzene rings is 2. The number of nitrogens with one attached hydrogen (secondary N) is 4. The van der Waals surface area contributed by atoms with Gasteiger partial charge in [-0.15, -0.1) is 0 Å². The highest BCUT2D eigenvalue weighted by molar-refractivity contribution is 5.96. The zero-order valence-corrected chi connectivity index (χ0v) is 15.1. The summed E-state index contributed by atoms with van der Waals surface area (Å²) in [5, 5.41) is 6.18. The maximum Gasteiger partial charge on any atom is 0.269 e. The molecule has 7 nitrogen and oxygen atoms in total. The Kier molecular flexibility index (Phi) is 6.84. The summed E-state index contributed by atoms with van der Waals surface area (Å²) < 4.78 is 5.20. The van der Waals surface area contributed by atoms with Crippen molar-refractivity contribution in [1.29, 1.82) is 0 Å². The van der Waals surface area contributed by atoms with Gasteiger partial charge in [0.2, 0.25) is 0 Å². The predicted molar refractivity (Wildman–Crippen MR) is 102 cm³/mol. The first-order chi connectivity index (χ1) is 12.5. The molecule has 0 fully saturated rings. The minimum Gasteiger partial charge on any atom is -0.495 e. The van der Waals surface area contributed by atoms with Gasteiger partial charge in [0.25, 0.3) is 11.8 Å². The molecule has 0 unspecified atom stereocenters. The summed E-state index contributed by atoms with van der Waals surface area (Å²) in [5.41, 5.74) is 6.79. The third kappa shape index (κ3) is 5.70. The first-order valence-corrected chi connectivity index (χ1v) is 8.32. The number of hydrogen-bond acceptors (Lipinski definition) is 5. The molecule has 138 valence electrons. The van der Waals surface area contributed by atoms with E-state index < -0.39 is 0 Å². The molecular formula is C19H24N4O3. The van der Waals surface area contributed by atoms with E-state index in [0.717, 1.165) is 5.69 Å². The Hall–Kier alpha value is -3.22. The Balaban J connectivity index is 1.84. The van der Waals surface area contributed by atoms with Gasteiger partial charge in [0, 0.05) is 17.3 Å². The molecule has 4 N–H and O–H groups in total. The second-order valence-corrected chi connectivity index (χ2v) is 5.94. The average molecular weight is 356 g/mol. The van der Waals surface area contributed by atoms with Crippen LogP contribution in [0.15, 0.2) is 48.5 Å². The van der Waals surface area contributed by atoms with E-state index >= 15 is 0 Å². The number of ether oxygens (including phenoxy) is 1. The monoisotopic (exact) mass is 356 g/mol. The topological polar surface area (TPSA) is 91.5 Å². The third-order valence-corrected chi connectivity index (χ3v) is 3.44. The molecule has 0 aliphatic carbocycles. The van der Waals surface area contributed by atoms with Gasteiger partial charge in [0.15, 0.2) is 0 Å². The van der Waals surface area contributed by atoms with Crippen LogP contribution in [0.4, 0.5) is 11.4 Å². The van der Waals surface area contributed by atoms with Crippen molar-refractivity contribution in [3.8, 4) is 5.75 Å². The fraction of sp³-hybridized carbons (Fsp3) is 0.263. The van der Waals surface area contributed by atoms with Crippen molar-refractivity contribution < 1.29 is 14.3 Å². The van der Waals surface area contributed by atoms with Gasteiger partial charge in [0.1, 0.15) is 5.75 Å². The Bertz CT molecular complexity index is 762. The Morgan fingerprint density at radius 3 is 2.54 bits per heavy atom. The van der Waals surface area contributed by atoms with Crippen molar-refractivity contribution in [3.05, 3.63) is 54.1 Å². The van der Waals surface area contributed by atoms with Crippen LogP contribution < -0.4 is 26.2 Å². The summed E-state index contributed by atoms with van der Waals surface area (Å²) in [5.74, 6) is -0.123. The van der Waals surface area contributed by atoms with Crippen molar-refractivity contribution in [3.63, 3.8) is 0 Å². The standard InChI is InChI=1S/C19H24N4O3/c1-13(2)21-15-8-6-7-14(11-15)19(25)23-22-18(24)12-20-16-9-4-5-10-17(16)26-3/h4-11,13,20-21H,12H2,1-3H3,(H,22,24)(H,23,25). The van der Waals surface area contributed by atoms with E-state index in [1.165, 1.54) is 0 Å². The summed E-state index contributed by atoms with van der Waals surface area (Å²) in [7, 11) is 1.56. The Morgan fingerprint density at radius 2 is 1.81 bits per heavy atom. The molecule has 0 aliphatic heterocycles. The fourth-order valence-electron chi connectivity index (χ4n) is 2.29. The van der Waals surface area contributed by atoms with E-state index in [1.807, 2.05) is 32.0 Å². The molecule has 0 atom stereocenters. The molecule has 2 amide bonds. The number of carbonyl (C=O) groups excluding carboxylic acids is 2. The van der Waals surface area contributed by atoms with Gasteiger partial charge in [-0.1, -0.05) is 18.2 Å². The molecule has 0 bridgehead atoms. The van der Waals surface area contributed by atoms with E-state index in [9.17, 15) is 9.59 Å². The highest BCUT2D eigenvalue weighted by atomic mass is 16.5. The average Bonchev–Trinajstić information content (AvgIpc) is 2.64. The first kappa shape index (κ1) is 19.1. The Labute approximate surface area is 153 Å². The zero-order valence-electron chi connectivity index (χ0n) is 15.1. The van der Waals surface area contributed by atoms with Crippen LogP contribution in [0.1, 0.15) is 24.2 Å². The third-order valence-electron chi connectivity index (χ3n) is 3.44. The number of para-hydroxylation sites is 2. The van der Waals surface area contributed by atoms with Gasteiger partial charge in [-0.2, -0.15) is 0 Å². The van der Waals surface area contributed by atoms with Crippen LogP contribution >= 0.6 is 0 Å². The smallest absolute Gasteiger partial charge is 0.269 e. The van der Waals surface area contributed by atoms with E-state index in [2.05, 4.69) is 21.5 Å². The van der Waals surface area contributed by atoms with Crippen LogP contribution in [-0.4, -0.2) is 31.5 Å². The number of amides is 2. The van der Waals surface area contributed by atoms with E-state index in [0.29, 0.717) is 17.0 Å². The van der Waals surface area contributed by atoms with Crippen molar-refractivity contribution >= 4 is 23.2 Å². The van der Waals surface area contributed by atoms with E-state index in [1.54, 1.807) is 37.4 Å². The van der Waals surface area contributed by atoms with E-state index in [-0.39, 0.29) is 24.4 Å². The molecule has 2 aromatic carbocycles. The van der Waals surface area contributed by atoms with Gasteiger partial charge in [-0.25, -0.2) is 0 Å². The van der Waals surface area contributed by atoms with Crippen LogP contribution in [0.25, 0.3) is 0 Å². The summed E-state index contributed by atoms with van der Waals surface area (Å²) >= 11 is 0. The molecule has 26 heavy (non-hydrogen) atoms. The minimum atomic E-state index is -0.386. The van der Waals surface area contributed by atoms with Gasteiger partial charge in [-0.3, -0.25) is 20.4 Å². The lowest BCUT2D eigenvalue weighted by Gasteiger charge is -2.13. The van der Waals surface area contributed by atoms with Crippen molar-refractivity contribution in [2.24, 2.45) is 0 Å². The lowest BCUT2D eigenvalue weighted by atomic mass is 10.2. The lowest BCUT2D eigenvalue weighted by Crippen LogP contribution is -2.44. The molecule has 7 heteroatoms. The summed E-state index contributed by atoms with van der Waals surface area (Å²) in [6.07, 6.45) is 0. The molecular weight excluding hydrogens is 332 g/mol. The second kappa shape index (κ2) is 9.31. The van der Waals surface area contributed by atoms with Crippen molar-refractivity contribution in [2.45, 2.75) is 19.9 Å². The quantitative estimate of drug-likeness (QED) is 0.572. The molecule has 0 radical (unpaired) electrons. The molecule has 0 heterocycles. The zero-order chi connectivity index (χ0) is 18.9. The summed E-state index contributed by atoms with van der Waals surface area (Å²) in [6.45, 7) is 4.03. The largest absolute Gasteiger partial charge is 0.495 e. The number of carbonyl (C=O) groups is 2. The van der Waals surface area contributed by atoms with Crippen LogP contribution in [0.5, 0.6) is 5.75 Å². The first-order valence-electron chi connectivity index (χ1n) is 8.32. The molecule has 2 aromatic rings. The number of hydrogen-bond donors (Lipinski definition) is 4. The lowest BCUT2D eigenvalue weighted by molar-refractivity contribution is -0.120. The maximum absolute atomic E-state index is 12.2. The van der Waals surface area contributed by atoms with Crippen LogP contribution in [-0.2, 0) is 4.79 Å². The van der Waals surface area contributed by atoms with Crippen molar-refractivity contribution in [1.82, 2.24) is 10.9 Å². The SMILES string of the molecule is COc1ccccc1NCC(=O)NNC(=O)c1cccc(NC(C)C)c1. The highest BCUT2D eigenvalue weighted by Gasteiger charge is 2.09. The normalized spacial score (nSPS) is 10.2. The van der Waals surface area contributed by atoms with E-state index in [4.69, 9.17) is 4.74 Å². The maximum atomic E-state index is 12.2. The van der Waals surface area contributed by atoms with Gasteiger partial charge < -0.3 is 15.4 Å². The number of anilines is 2. The Morgan fingerprint density at radius 1 is 1.04 bits per heavy atom. The van der Waals surface area contributed by atoms with Gasteiger partial charge in [-0.05, 0) is 44.2 Å². The molecule has 2 rings (SSSR count).